The van der Waals surface area contributed by atoms with Crippen LogP contribution in [-0.2, 0) is 13.2 Å². The first kappa shape index (κ1) is 18.2. The lowest BCUT2D eigenvalue weighted by atomic mass is 10.2. The molecule has 26 heavy (non-hydrogen) atoms. The van der Waals surface area contributed by atoms with Gasteiger partial charge in [-0.05, 0) is 42.3 Å². The highest BCUT2D eigenvalue weighted by Crippen LogP contribution is 2.23. The number of hydrogen-bond acceptors (Lipinski definition) is 6. The monoisotopic (exact) mass is 387 g/mol. The van der Waals surface area contributed by atoms with Crippen molar-refractivity contribution in [1.29, 1.82) is 0 Å². The highest BCUT2D eigenvalue weighted by molar-refractivity contribution is 7.17. The summed E-state index contributed by atoms with van der Waals surface area (Å²) in [5.41, 5.74) is 2.54. The molecule has 1 heterocycles. The van der Waals surface area contributed by atoms with Crippen LogP contribution in [0.25, 0.3) is 0 Å². The summed E-state index contributed by atoms with van der Waals surface area (Å²) in [7, 11) is 0. The Balaban J connectivity index is 1.53. The van der Waals surface area contributed by atoms with Gasteiger partial charge in [-0.1, -0.05) is 47.2 Å². The average molecular weight is 388 g/mol. The molecule has 3 rings (SSSR count). The maximum atomic E-state index is 10.9. The van der Waals surface area contributed by atoms with Crippen LogP contribution in [0.2, 0.25) is 5.02 Å². The standard InChI is InChI=1S/C19H17ClN2O3S/c1-12-17(18(23)24)26-19(22-12)21-10-13-4-8-16(9-5-13)25-11-14-2-6-15(20)7-3-14/h2-9H,10-11H2,1H3,(H,21,22)(H,23,24)/p-1. The number of rotatable bonds is 7. The fourth-order valence-electron chi connectivity index (χ4n) is 2.29. The Morgan fingerprint density at radius 2 is 1.81 bits per heavy atom. The summed E-state index contributed by atoms with van der Waals surface area (Å²) in [5.74, 6) is -0.428. The number of carbonyl (C=O) groups is 1. The van der Waals surface area contributed by atoms with E-state index in [0.717, 1.165) is 28.2 Å². The Labute approximate surface area is 160 Å². The van der Waals surface area contributed by atoms with Gasteiger partial charge in [0.05, 0.1) is 16.5 Å². The minimum atomic E-state index is -1.20. The SMILES string of the molecule is Cc1nc(NCc2ccc(OCc3ccc(Cl)cc3)cc2)sc1C(=O)[O-]. The fraction of sp³-hybridized carbons (Fsp3) is 0.158. The Morgan fingerprint density at radius 1 is 1.15 bits per heavy atom. The highest BCUT2D eigenvalue weighted by atomic mass is 35.5. The van der Waals surface area contributed by atoms with Crippen LogP contribution >= 0.6 is 22.9 Å². The Hall–Kier alpha value is -2.57. The number of ether oxygens (including phenoxy) is 1. The summed E-state index contributed by atoms with van der Waals surface area (Å²) < 4.78 is 5.75. The molecule has 0 fully saturated rings. The lowest BCUT2D eigenvalue weighted by Gasteiger charge is -2.08. The van der Waals surface area contributed by atoms with Gasteiger partial charge in [0.15, 0.2) is 5.13 Å². The van der Waals surface area contributed by atoms with Crippen molar-refractivity contribution in [3.63, 3.8) is 0 Å². The van der Waals surface area contributed by atoms with Crippen LogP contribution in [0.15, 0.2) is 48.5 Å². The molecule has 0 aliphatic heterocycles. The highest BCUT2D eigenvalue weighted by Gasteiger charge is 2.08. The van der Waals surface area contributed by atoms with E-state index in [1.165, 1.54) is 0 Å². The van der Waals surface area contributed by atoms with Gasteiger partial charge in [0.25, 0.3) is 0 Å². The van der Waals surface area contributed by atoms with Crippen molar-refractivity contribution in [3.05, 3.63) is 75.3 Å². The molecular weight excluding hydrogens is 372 g/mol. The molecule has 0 bridgehead atoms. The molecule has 0 saturated heterocycles. The van der Waals surface area contributed by atoms with Crippen LogP contribution in [0.1, 0.15) is 26.5 Å². The van der Waals surface area contributed by atoms with Gasteiger partial charge in [-0.25, -0.2) is 4.98 Å². The molecule has 3 aromatic rings. The summed E-state index contributed by atoms with van der Waals surface area (Å²) in [4.78, 5) is 15.3. The van der Waals surface area contributed by atoms with Crippen molar-refractivity contribution in [1.82, 2.24) is 4.98 Å². The minimum absolute atomic E-state index is 0.151. The van der Waals surface area contributed by atoms with Gasteiger partial charge in [0, 0.05) is 11.6 Å². The van der Waals surface area contributed by atoms with E-state index < -0.39 is 5.97 Å². The number of carbonyl (C=O) groups excluding carboxylic acids is 1. The number of aromatic carboxylic acids is 1. The summed E-state index contributed by atoms with van der Waals surface area (Å²) in [5, 5.41) is 15.3. The molecule has 1 aromatic heterocycles. The van der Waals surface area contributed by atoms with Crippen LogP contribution in [0.4, 0.5) is 5.13 Å². The largest absolute Gasteiger partial charge is 0.544 e. The molecular formula is C19H16ClN2O3S-. The van der Waals surface area contributed by atoms with Crippen molar-refractivity contribution in [2.45, 2.75) is 20.1 Å². The summed E-state index contributed by atoms with van der Waals surface area (Å²) in [6.07, 6.45) is 0. The molecule has 0 radical (unpaired) electrons. The first-order chi connectivity index (χ1) is 12.5. The summed E-state index contributed by atoms with van der Waals surface area (Å²) >= 11 is 6.94. The molecule has 0 atom stereocenters. The molecule has 0 unspecified atom stereocenters. The zero-order valence-electron chi connectivity index (χ0n) is 14.0. The van der Waals surface area contributed by atoms with Crippen LogP contribution in [-0.4, -0.2) is 11.0 Å². The van der Waals surface area contributed by atoms with E-state index in [0.29, 0.717) is 29.0 Å². The first-order valence-electron chi connectivity index (χ1n) is 7.90. The number of benzene rings is 2. The van der Waals surface area contributed by atoms with Gasteiger partial charge < -0.3 is 20.0 Å². The summed E-state index contributed by atoms with van der Waals surface area (Å²) in [6, 6.07) is 15.2. The van der Waals surface area contributed by atoms with Crippen molar-refractivity contribution < 1.29 is 14.6 Å². The topological polar surface area (TPSA) is 74.3 Å². The number of nitrogens with one attached hydrogen (secondary N) is 1. The lowest BCUT2D eigenvalue weighted by Crippen LogP contribution is -2.21. The van der Waals surface area contributed by atoms with Crippen LogP contribution in [0.5, 0.6) is 5.75 Å². The zero-order valence-corrected chi connectivity index (χ0v) is 15.6. The van der Waals surface area contributed by atoms with Gasteiger partial charge in [0.2, 0.25) is 0 Å². The maximum absolute atomic E-state index is 10.9. The molecule has 1 N–H and O–H groups in total. The van der Waals surface area contributed by atoms with Crippen LogP contribution in [0.3, 0.4) is 0 Å². The third-order valence-electron chi connectivity index (χ3n) is 3.67. The zero-order chi connectivity index (χ0) is 18.5. The predicted octanol–water partition coefficient (Wildman–Crippen LogP) is 3.66. The quantitative estimate of drug-likeness (QED) is 0.669. The van der Waals surface area contributed by atoms with Crippen molar-refractivity contribution in [2.75, 3.05) is 5.32 Å². The lowest BCUT2D eigenvalue weighted by molar-refractivity contribution is -0.254. The van der Waals surface area contributed by atoms with E-state index in [1.807, 2.05) is 48.5 Å². The first-order valence-corrected chi connectivity index (χ1v) is 9.09. The Bertz CT molecular complexity index is 892. The molecule has 5 nitrogen and oxygen atoms in total. The number of thiazole rings is 1. The normalized spacial score (nSPS) is 10.5. The molecule has 134 valence electrons. The smallest absolute Gasteiger partial charge is 0.183 e. The number of carboxylic acid groups (broad SMARTS) is 1. The minimum Gasteiger partial charge on any atom is -0.544 e. The van der Waals surface area contributed by atoms with E-state index in [9.17, 15) is 9.90 Å². The van der Waals surface area contributed by atoms with E-state index in [2.05, 4.69) is 10.3 Å². The fourth-order valence-corrected chi connectivity index (χ4v) is 3.21. The van der Waals surface area contributed by atoms with E-state index in [1.54, 1.807) is 6.92 Å². The molecule has 0 aliphatic rings. The Morgan fingerprint density at radius 3 is 2.42 bits per heavy atom. The molecule has 0 amide bonds. The number of anilines is 1. The second-order valence-electron chi connectivity index (χ2n) is 5.63. The van der Waals surface area contributed by atoms with E-state index in [-0.39, 0.29) is 4.88 Å². The van der Waals surface area contributed by atoms with E-state index >= 15 is 0 Å². The van der Waals surface area contributed by atoms with E-state index in [4.69, 9.17) is 16.3 Å². The van der Waals surface area contributed by atoms with Crippen molar-refractivity contribution >= 4 is 34.0 Å². The second kappa shape index (κ2) is 8.21. The molecule has 2 aromatic carbocycles. The van der Waals surface area contributed by atoms with Gasteiger partial charge in [-0.15, -0.1) is 0 Å². The molecule has 0 spiro atoms. The number of aromatic nitrogens is 1. The van der Waals surface area contributed by atoms with Gasteiger partial charge >= 0.3 is 0 Å². The third-order valence-corrected chi connectivity index (χ3v) is 5.01. The molecule has 0 aliphatic carbocycles. The number of aryl methyl sites for hydroxylation is 1. The van der Waals surface area contributed by atoms with Gasteiger partial charge in [-0.2, -0.15) is 0 Å². The number of carboxylic acids is 1. The second-order valence-corrected chi connectivity index (χ2v) is 7.07. The number of hydrogen-bond donors (Lipinski definition) is 1. The average Bonchev–Trinajstić information content (AvgIpc) is 3.01. The molecule has 7 heteroatoms. The van der Waals surface area contributed by atoms with Crippen LogP contribution < -0.4 is 15.2 Å². The Kier molecular flexibility index (Phi) is 5.75. The van der Waals surface area contributed by atoms with Crippen LogP contribution in [0, 0.1) is 6.92 Å². The maximum Gasteiger partial charge on any atom is 0.183 e. The van der Waals surface area contributed by atoms with Crippen molar-refractivity contribution in [3.8, 4) is 5.75 Å². The van der Waals surface area contributed by atoms with Crippen molar-refractivity contribution in [2.24, 2.45) is 0 Å². The predicted molar refractivity (Wildman–Crippen MR) is 101 cm³/mol. The summed E-state index contributed by atoms with van der Waals surface area (Å²) in [6.45, 7) is 2.66. The van der Waals surface area contributed by atoms with Gasteiger partial charge in [-0.3, -0.25) is 0 Å². The third kappa shape index (κ3) is 4.74. The van der Waals surface area contributed by atoms with Gasteiger partial charge in [0.1, 0.15) is 12.4 Å². The molecule has 0 saturated carbocycles. The number of halogens is 1. The number of nitrogens with zero attached hydrogens (tertiary/aromatic N) is 1.